The van der Waals surface area contributed by atoms with Crippen molar-refractivity contribution in [2.24, 2.45) is 5.73 Å². The topological polar surface area (TPSA) is 242 Å². The third-order valence-electron chi connectivity index (χ3n) is 3.84. The lowest BCUT2D eigenvalue weighted by atomic mass is 10.1. The minimum Gasteiger partial charge on any atom is -0.481 e. The number of nitrogens with two attached hydrogens (primary N) is 1. The maximum Gasteiger partial charge on any atom is 0.303 e. The minimum atomic E-state index is -1.29. The zero-order valence-electron chi connectivity index (χ0n) is 16.6. The first-order valence-electron chi connectivity index (χ1n) is 9.23. The molecule has 14 nitrogen and oxygen atoms in total. The van der Waals surface area contributed by atoms with Gasteiger partial charge in [0.2, 0.25) is 23.6 Å². The summed E-state index contributed by atoms with van der Waals surface area (Å²) in [5.74, 6) is -6.88. The number of carbonyl (C=O) groups is 7. The van der Waals surface area contributed by atoms with Crippen LogP contribution in [-0.4, -0.2) is 75.5 Å². The van der Waals surface area contributed by atoms with Crippen molar-refractivity contribution in [3.05, 3.63) is 0 Å². The molecular formula is C17H26N4O10. The number of nitrogens with one attached hydrogen (secondary N) is 3. The summed E-state index contributed by atoms with van der Waals surface area (Å²) in [5.41, 5.74) is 5.08. The molecule has 0 radical (unpaired) electrons. The van der Waals surface area contributed by atoms with Crippen LogP contribution in [0.4, 0.5) is 0 Å². The highest BCUT2D eigenvalue weighted by Crippen LogP contribution is 2.02. The second kappa shape index (κ2) is 14.3. The molecule has 0 aliphatic heterocycles. The van der Waals surface area contributed by atoms with Gasteiger partial charge in [-0.15, -0.1) is 0 Å². The first-order valence-corrected chi connectivity index (χ1v) is 9.23. The summed E-state index contributed by atoms with van der Waals surface area (Å²) in [6.45, 7) is -0.645. The lowest BCUT2D eigenvalue weighted by Crippen LogP contribution is -2.51. The number of hydrogen-bond donors (Lipinski definition) is 7. The Morgan fingerprint density at radius 2 is 1.16 bits per heavy atom. The first-order chi connectivity index (χ1) is 14.4. The summed E-state index contributed by atoms with van der Waals surface area (Å²) >= 11 is 0. The van der Waals surface area contributed by atoms with Gasteiger partial charge in [0.25, 0.3) is 0 Å². The van der Waals surface area contributed by atoms with E-state index in [-0.39, 0.29) is 32.1 Å². The number of primary amides is 1. The molecule has 0 aliphatic carbocycles. The zero-order valence-corrected chi connectivity index (χ0v) is 16.6. The van der Waals surface area contributed by atoms with Gasteiger partial charge in [-0.1, -0.05) is 0 Å². The highest BCUT2D eigenvalue weighted by Gasteiger charge is 2.24. The fourth-order valence-electron chi connectivity index (χ4n) is 2.29. The van der Waals surface area contributed by atoms with Gasteiger partial charge in [-0.05, 0) is 19.3 Å². The molecule has 4 amide bonds. The van der Waals surface area contributed by atoms with E-state index in [2.05, 4.69) is 16.0 Å². The number of rotatable bonds is 16. The SMILES string of the molecule is NC(=O)[C@H](CCC(=O)O)NC(=O)CNC(=O)[C@H](CCC(=O)O)NC(=O)CCCC(=O)O. The Balaban J connectivity index is 4.77. The molecule has 0 aliphatic rings. The van der Waals surface area contributed by atoms with Gasteiger partial charge >= 0.3 is 17.9 Å². The molecule has 0 rings (SSSR count). The average molecular weight is 446 g/mol. The molecule has 0 saturated carbocycles. The molecule has 0 aromatic heterocycles. The van der Waals surface area contributed by atoms with Crippen LogP contribution in [0.3, 0.4) is 0 Å². The number of hydrogen-bond acceptors (Lipinski definition) is 7. The molecule has 31 heavy (non-hydrogen) atoms. The molecule has 0 saturated heterocycles. The summed E-state index contributed by atoms with van der Waals surface area (Å²) in [6, 6.07) is -2.56. The second-order valence-electron chi connectivity index (χ2n) is 6.47. The maximum atomic E-state index is 12.3. The van der Waals surface area contributed by atoms with E-state index < -0.39 is 73.0 Å². The van der Waals surface area contributed by atoms with E-state index in [0.29, 0.717) is 0 Å². The van der Waals surface area contributed by atoms with Gasteiger partial charge in [0, 0.05) is 25.7 Å². The molecule has 0 unspecified atom stereocenters. The van der Waals surface area contributed by atoms with Gasteiger partial charge < -0.3 is 37.0 Å². The number of carbonyl (C=O) groups excluding carboxylic acids is 4. The number of carboxylic acid groups (broad SMARTS) is 3. The van der Waals surface area contributed by atoms with E-state index in [0.717, 1.165) is 0 Å². The van der Waals surface area contributed by atoms with Crippen LogP contribution in [0.25, 0.3) is 0 Å². The Kier molecular flexibility index (Phi) is 12.6. The van der Waals surface area contributed by atoms with Crippen molar-refractivity contribution in [1.29, 1.82) is 0 Å². The Hall–Kier alpha value is -3.71. The number of amides is 4. The van der Waals surface area contributed by atoms with Gasteiger partial charge in [0.1, 0.15) is 12.1 Å². The fraction of sp³-hybridized carbons (Fsp3) is 0.588. The van der Waals surface area contributed by atoms with Gasteiger partial charge in [0.05, 0.1) is 6.54 Å². The van der Waals surface area contributed by atoms with Crippen molar-refractivity contribution in [1.82, 2.24) is 16.0 Å². The predicted octanol–water partition coefficient (Wildman–Crippen LogP) is -2.46. The Labute approximate surface area is 176 Å². The summed E-state index contributed by atoms with van der Waals surface area (Å²) in [6.07, 6.45) is -1.87. The molecule has 0 heterocycles. The summed E-state index contributed by atoms with van der Waals surface area (Å²) in [5, 5.41) is 32.6. The van der Waals surface area contributed by atoms with Crippen LogP contribution in [0.2, 0.25) is 0 Å². The highest BCUT2D eigenvalue weighted by molar-refractivity contribution is 5.92. The van der Waals surface area contributed by atoms with Crippen molar-refractivity contribution in [2.75, 3.05) is 6.54 Å². The van der Waals surface area contributed by atoms with Crippen molar-refractivity contribution in [2.45, 2.75) is 57.0 Å². The smallest absolute Gasteiger partial charge is 0.303 e. The van der Waals surface area contributed by atoms with Crippen LogP contribution in [0.5, 0.6) is 0 Å². The van der Waals surface area contributed by atoms with Gasteiger partial charge in [0.15, 0.2) is 0 Å². The lowest BCUT2D eigenvalue weighted by molar-refractivity contribution is -0.139. The van der Waals surface area contributed by atoms with Crippen LogP contribution in [0.15, 0.2) is 0 Å². The predicted molar refractivity (Wildman–Crippen MR) is 101 cm³/mol. The monoisotopic (exact) mass is 446 g/mol. The normalized spacial score (nSPS) is 12.1. The Bertz CT molecular complexity index is 709. The molecule has 0 aromatic carbocycles. The molecule has 14 heteroatoms. The Morgan fingerprint density at radius 1 is 0.677 bits per heavy atom. The van der Waals surface area contributed by atoms with Crippen LogP contribution in [0, 0.1) is 0 Å². The van der Waals surface area contributed by atoms with E-state index in [1.807, 2.05) is 0 Å². The van der Waals surface area contributed by atoms with Crippen molar-refractivity contribution >= 4 is 41.5 Å². The first kappa shape index (κ1) is 27.3. The molecule has 0 fully saturated rings. The van der Waals surface area contributed by atoms with E-state index in [1.165, 1.54) is 0 Å². The van der Waals surface area contributed by atoms with Gasteiger partial charge in [-0.25, -0.2) is 0 Å². The third kappa shape index (κ3) is 14.0. The standard InChI is InChI=1S/C17H26N4O10/c18-16(30)9(4-6-14(26)27)20-12(23)8-19-17(31)10(5-7-15(28)29)21-11(22)2-1-3-13(24)25/h9-10H,1-8H2,(H2,18,30)(H,19,31)(H,20,23)(H,21,22)(H,24,25)(H,26,27)(H,28,29)/t9-,10-/m0/s1. The van der Waals surface area contributed by atoms with Gasteiger partial charge in [-0.3, -0.25) is 33.6 Å². The molecule has 0 aromatic rings. The summed E-state index contributed by atoms with van der Waals surface area (Å²) in [4.78, 5) is 79.1. The van der Waals surface area contributed by atoms with E-state index in [1.54, 1.807) is 0 Å². The zero-order chi connectivity index (χ0) is 24.0. The van der Waals surface area contributed by atoms with Crippen molar-refractivity contribution in [3.8, 4) is 0 Å². The number of carboxylic acids is 3. The molecule has 8 N–H and O–H groups in total. The Morgan fingerprint density at radius 3 is 1.65 bits per heavy atom. The minimum absolute atomic E-state index is 0.0156. The lowest BCUT2D eigenvalue weighted by Gasteiger charge is -2.19. The maximum absolute atomic E-state index is 12.3. The molecular weight excluding hydrogens is 420 g/mol. The van der Waals surface area contributed by atoms with Crippen molar-refractivity contribution < 1.29 is 48.9 Å². The third-order valence-corrected chi connectivity index (χ3v) is 3.84. The number of aliphatic carboxylic acids is 3. The molecule has 174 valence electrons. The summed E-state index contributed by atoms with van der Waals surface area (Å²) in [7, 11) is 0. The van der Waals surface area contributed by atoms with Crippen LogP contribution in [0.1, 0.15) is 44.9 Å². The van der Waals surface area contributed by atoms with Crippen LogP contribution >= 0.6 is 0 Å². The van der Waals surface area contributed by atoms with Crippen LogP contribution < -0.4 is 21.7 Å². The van der Waals surface area contributed by atoms with Crippen molar-refractivity contribution in [3.63, 3.8) is 0 Å². The van der Waals surface area contributed by atoms with E-state index >= 15 is 0 Å². The van der Waals surface area contributed by atoms with E-state index in [9.17, 15) is 33.6 Å². The van der Waals surface area contributed by atoms with Crippen LogP contribution in [-0.2, 0) is 33.6 Å². The average Bonchev–Trinajstić information content (AvgIpc) is 2.65. The highest BCUT2D eigenvalue weighted by atomic mass is 16.4. The molecule has 2 atom stereocenters. The molecule has 0 bridgehead atoms. The largest absolute Gasteiger partial charge is 0.481 e. The summed E-state index contributed by atoms with van der Waals surface area (Å²) < 4.78 is 0. The van der Waals surface area contributed by atoms with Gasteiger partial charge in [-0.2, -0.15) is 0 Å². The molecule has 0 spiro atoms. The quantitative estimate of drug-likeness (QED) is 0.132. The van der Waals surface area contributed by atoms with E-state index in [4.69, 9.17) is 21.1 Å². The second-order valence-corrected chi connectivity index (χ2v) is 6.47. The fourth-order valence-corrected chi connectivity index (χ4v) is 2.29.